The van der Waals surface area contributed by atoms with Gasteiger partial charge in [0.05, 0.1) is 0 Å². The van der Waals surface area contributed by atoms with Crippen LogP contribution in [0.1, 0.15) is 54.6 Å². The summed E-state index contributed by atoms with van der Waals surface area (Å²) < 4.78 is 5.43. The van der Waals surface area contributed by atoms with Crippen LogP contribution in [0.3, 0.4) is 0 Å². The number of rotatable bonds is 9. The highest BCUT2D eigenvalue weighted by Crippen LogP contribution is 2.25. The van der Waals surface area contributed by atoms with Crippen molar-refractivity contribution in [3.8, 4) is 23.0 Å². The number of hydrogen-bond donors (Lipinski definition) is 0. The summed E-state index contributed by atoms with van der Waals surface area (Å²) in [5.74, 6) is 1.71. The van der Waals surface area contributed by atoms with Crippen LogP contribution in [0.4, 0.5) is 0 Å². The molecule has 0 aliphatic carbocycles. The highest BCUT2D eigenvalue weighted by molar-refractivity contribution is 5.94. The topological polar surface area (TPSA) is 75.4 Å². The van der Waals surface area contributed by atoms with E-state index in [9.17, 15) is 4.79 Å². The Morgan fingerprint density at radius 3 is 2.44 bits per heavy atom. The van der Waals surface area contributed by atoms with E-state index in [1.165, 1.54) is 6.42 Å². The molecule has 0 N–H and O–H groups in total. The first-order chi connectivity index (χ1) is 19.0. The molecule has 1 aliphatic rings. The van der Waals surface area contributed by atoms with Crippen LogP contribution in [0.2, 0.25) is 0 Å². The summed E-state index contributed by atoms with van der Waals surface area (Å²) >= 11 is 0. The van der Waals surface area contributed by atoms with Gasteiger partial charge in [-0.2, -0.15) is 4.98 Å². The number of likely N-dealkylation sites (tertiary alicyclic amines) is 1. The minimum Gasteiger partial charge on any atom is -0.332 e. The number of carbonyl (C=O) groups is 1. The van der Waals surface area contributed by atoms with E-state index in [1.807, 2.05) is 61.5 Å². The molecule has 2 aromatic carbocycles. The molecule has 1 fully saturated rings. The summed E-state index contributed by atoms with van der Waals surface area (Å²) in [5.41, 5.74) is 4.48. The van der Waals surface area contributed by atoms with Gasteiger partial charge in [0.2, 0.25) is 5.82 Å². The summed E-state index contributed by atoms with van der Waals surface area (Å²) in [6.45, 7) is 10.4. The molecular formula is C32H37N5O2. The lowest BCUT2D eigenvalue weighted by atomic mass is 9.99. The second-order valence-corrected chi connectivity index (χ2v) is 10.9. The van der Waals surface area contributed by atoms with E-state index >= 15 is 0 Å². The Hall–Kier alpha value is -3.84. The van der Waals surface area contributed by atoms with Gasteiger partial charge in [0.15, 0.2) is 0 Å². The van der Waals surface area contributed by atoms with E-state index < -0.39 is 0 Å². The van der Waals surface area contributed by atoms with Crippen molar-refractivity contribution in [2.75, 3.05) is 19.6 Å². The Kier molecular flexibility index (Phi) is 8.47. The van der Waals surface area contributed by atoms with Crippen molar-refractivity contribution in [3.63, 3.8) is 0 Å². The van der Waals surface area contributed by atoms with Gasteiger partial charge < -0.3 is 14.3 Å². The highest BCUT2D eigenvalue weighted by Gasteiger charge is 2.29. The van der Waals surface area contributed by atoms with Crippen molar-refractivity contribution >= 4 is 5.91 Å². The normalized spacial score (nSPS) is 14.6. The molecule has 202 valence electrons. The molecule has 1 amide bonds. The molecule has 0 saturated carbocycles. The van der Waals surface area contributed by atoms with Gasteiger partial charge in [-0.3, -0.25) is 9.78 Å². The summed E-state index contributed by atoms with van der Waals surface area (Å²) in [7, 11) is 0. The Morgan fingerprint density at radius 2 is 1.77 bits per heavy atom. The lowest BCUT2D eigenvalue weighted by Crippen LogP contribution is -2.47. The van der Waals surface area contributed by atoms with Gasteiger partial charge in [-0.1, -0.05) is 67.0 Å². The van der Waals surface area contributed by atoms with Crippen molar-refractivity contribution in [1.82, 2.24) is 24.9 Å². The van der Waals surface area contributed by atoms with Crippen LogP contribution >= 0.6 is 0 Å². The minimum absolute atomic E-state index is 0.0953. The molecule has 0 spiro atoms. The average Bonchev–Trinajstić information content (AvgIpc) is 3.47. The zero-order valence-electron chi connectivity index (χ0n) is 23.1. The third-order valence-electron chi connectivity index (χ3n) is 7.46. The molecule has 0 atom stereocenters. The van der Waals surface area contributed by atoms with Gasteiger partial charge in [-0.25, -0.2) is 0 Å². The fraction of sp³-hybridized carbons (Fsp3) is 0.375. The van der Waals surface area contributed by atoms with E-state index in [0.717, 1.165) is 54.7 Å². The van der Waals surface area contributed by atoms with Gasteiger partial charge >= 0.3 is 0 Å². The van der Waals surface area contributed by atoms with Gasteiger partial charge in [0.1, 0.15) is 5.69 Å². The fourth-order valence-electron chi connectivity index (χ4n) is 5.01. The molecule has 0 bridgehead atoms. The second-order valence-electron chi connectivity index (χ2n) is 10.9. The zero-order chi connectivity index (χ0) is 27.2. The maximum absolute atomic E-state index is 13.8. The number of piperidine rings is 1. The number of carbonyl (C=O) groups excluding carboxylic acids is 1. The van der Waals surface area contributed by atoms with Crippen LogP contribution in [-0.2, 0) is 6.54 Å². The summed E-state index contributed by atoms with van der Waals surface area (Å²) in [6.07, 6.45) is 4.90. The fourth-order valence-corrected chi connectivity index (χ4v) is 5.01. The molecule has 39 heavy (non-hydrogen) atoms. The molecule has 5 rings (SSSR count). The molecule has 0 unspecified atom stereocenters. The van der Waals surface area contributed by atoms with Crippen LogP contribution in [-0.4, -0.2) is 56.5 Å². The van der Waals surface area contributed by atoms with Gasteiger partial charge in [-0.05, 0) is 68.5 Å². The average molecular weight is 524 g/mol. The van der Waals surface area contributed by atoms with E-state index in [2.05, 4.69) is 50.9 Å². The van der Waals surface area contributed by atoms with Crippen LogP contribution in [0.25, 0.3) is 23.0 Å². The second kappa shape index (κ2) is 12.3. The predicted molar refractivity (Wildman–Crippen MR) is 153 cm³/mol. The molecule has 7 nitrogen and oxygen atoms in total. The van der Waals surface area contributed by atoms with Crippen molar-refractivity contribution in [2.45, 2.75) is 52.6 Å². The Labute approximate surface area is 230 Å². The molecule has 1 saturated heterocycles. The first kappa shape index (κ1) is 26.8. The molecule has 3 heterocycles. The largest absolute Gasteiger partial charge is 0.332 e. The van der Waals surface area contributed by atoms with Crippen LogP contribution in [0.15, 0.2) is 77.4 Å². The SMILES string of the molecule is Cc1ccc(C(=O)N(Cc2ccc(-c3noc(-c4ccccn4)n3)cc2)C2CCN(CCC(C)C)CC2)cc1. The number of aromatic nitrogens is 3. The van der Waals surface area contributed by atoms with Crippen LogP contribution < -0.4 is 0 Å². The standard InChI is InChI=1S/C32H37N5O2/c1-23(2)15-19-36-20-16-28(17-21-36)37(32(38)27-11-7-24(3)8-12-27)22-25-9-13-26(14-10-25)30-34-31(39-35-30)29-6-4-5-18-33-29/h4-14,18,23,28H,15-17,19-22H2,1-3H3. The third-order valence-corrected chi connectivity index (χ3v) is 7.46. The van der Waals surface area contributed by atoms with E-state index in [0.29, 0.717) is 29.9 Å². The maximum atomic E-state index is 13.8. The van der Waals surface area contributed by atoms with E-state index in [4.69, 9.17) is 4.52 Å². The number of amides is 1. The van der Waals surface area contributed by atoms with E-state index in [1.54, 1.807) is 6.20 Å². The van der Waals surface area contributed by atoms with Crippen LogP contribution in [0, 0.1) is 12.8 Å². The number of aryl methyl sites for hydroxylation is 1. The smallest absolute Gasteiger partial charge is 0.276 e. The predicted octanol–water partition coefficient (Wildman–Crippen LogP) is 6.26. The Morgan fingerprint density at radius 1 is 1.03 bits per heavy atom. The number of nitrogens with zero attached hydrogens (tertiary/aromatic N) is 5. The first-order valence-electron chi connectivity index (χ1n) is 13.9. The maximum Gasteiger partial charge on any atom is 0.276 e. The van der Waals surface area contributed by atoms with Crippen molar-refractivity contribution < 1.29 is 9.32 Å². The van der Waals surface area contributed by atoms with Crippen molar-refractivity contribution in [1.29, 1.82) is 0 Å². The lowest BCUT2D eigenvalue weighted by molar-refractivity contribution is 0.0546. The molecule has 0 radical (unpaired) electrons. The van der Waals surface area contributed by atoms with Crippen LogP contribution in [0.5, 0.6) is 0 Å². The molecule has 2 aromatic heterocycles. The highest BCUT2D eigenvalue weighted by atomic mass is 16.5. The number of pyridine rings is 1. The lowest BCUT2D eigenvalue weighted by Gasteiger charge is -2.39. The molecule has 1 aliphatic heterocycles. The quantitative estimate of drug-likeness (QED) is 0.258. The third kappa shape index (κ3) is 6.79. The first-order valence-corrected chi connectivity index (χ1v) is 13.9. The summed E-state index contributed by atoms with van der Waals surface area (Å²) in [5, 5.41) is 4.14. The zero-order valence-corrected chi connectivity index (χ0v) is 23.1. The van der Waals surface area contributed by atoms with Crippen molar-refractivity contribution in [2.24, 2.45) is 5.92 Å². The monoisotopic (exact) mass is 523 g/mol. The summed E-state index contributed by atoms with van der Waals surface area (Å²) in [4.78, 5) is 27.2. The van der Waals surface area contributed by atoms with Gasteiger partial charge in [0, 0.05) is 43.0 Å². The van der Waals surface area contributed by atoms with Crippen molar-refractivity contribution in [3.05, 3.63) is 89.6 Å². The van der Waals surface area contributed by atoms with E-state index in [-0.39, 0.29) is 11.9 Å². The molecular weight excluding hydrogens is 486 g/mol. The number of hydrogen-bond acceptors (Lipinski definition) is 6. The Bertz CT molecular complexity index is 1340. The Balaban J connectivity index is 1.31. The summed E-state index contributed by atoms with van der Waals surface area (Å²) in [6, 6.07) is 21.8. The van der Waals surface area contributed by atoms with Gasteiger partial charge in [-0.15, -0.1) is 0 Å². The molecule has 7 heteroatoms. The minimum atomic E-state index is 0.0953. The van der Waals surface area contributed by atoms with Gasteiger partial charge in [0.25, 0.3) is 11.8 Å². The molecule has 4 aromatic rings. The number of benzene rings is 2.